The summed E-state index contributed by atoms with van der Waals surface area (Å²) in [5, 5.41) is 3.04. The SMILES string of the molecule is Cc1ccc(S)cc1C(=O)NC(C)Cc1ccccc1. The number of hydrogen-bond donors (Lipinski definition) is 2. The van der Waals surface area contributed by atoms with Crippen molar-refractivity contribution in [3.05, 3.63) is 65.2 Å². The molecule has 20 heavy (non-hydrogen) atoms. The number of rotatable bonds is 4. The molecule has 1 amide bonds. The van der Waals surface area contributed by atoms with E-state index in [-0.39, 0.29) is 11.9 Å². The van der Waals surface area contributed by atoms with Crippen LogP contribution in [0, 0.1) is 6.92 Å². The minimum atomic E-state index is -0.0400. The van der Waals surface area contributed by atoms with Crippen molar-refractivity contribution in [1.82, 2.24) is 5.32 Å². The Morgan fingerprint density at radius 3 is 2.60 bits per heavy atom. The molecule has 0 aliphatic carbocycles. The lowest BCUT2D eigenvalue weighted by Gasteiger charge is -2.15. The molecule has 0 aliphatic heterocycles. The van der Waals surface area contributed by atoms with Crippen molar-refractivity contribution < 1.29 is 4.79 Å². The van der Waals surface area contributed by atoms with Gasteiger partial charge < -0.3 is 5.32 Å². The van der Waals surface area contributed by atoms with E-state index in [1.54, 1.807) is 0 Å². The predicted molar refractivity (Wildman–Crippen MR) is 85.5 cm³/mol. The van der Waals surface area contributed by atoms with E-state index in [0.717, 1.165) is 16.9 Å². The molecule has 0 saturated heterocycles. The van der Waals surface area contributed by atoms with Crippen LogP contribution < -0.4 is 5.32 Å². The number of hydrogen-bond acceptors (Lipinski definition) is 2. The van der Waals surface area contributed by atoms with Crippen LogP contribution in [0.3, 0.4) is 0 Å². The van der Waals surface area contributed by atoms with Crippen LogP contribution in [0.5, 0.6) is 0 Å². The maximum atomic E-state index is 12.3. The Morgan fingerprint density at radius 1 is 1.20 bits per heavy atom. The highest BCUT2D eigenvalue weighted by atomic mass is 32.1. The van der Waals surface area contributed by atoms with Gasteiger partial charge in [-0.2, -0.15) is 0 Å². The third kappa shape index (κ3) is 3.87. The molecule has 104 valence electrons. The molecule has 0 saturated carbocycles. The zero-order valence-electron chi connectivity index (χ0n) is 11.8. The first-order chi connectivity index (χ1) is 9.56. The summed E-state index contributed by atoms with van der Waals surface area (Å²) in [4.78, 5) is 13.1. The average Bonchev–Trinajstić information content (AvgIpc) is 2.42. The van der Waals surface area contributed by atoms with Gasteiger partial charge in [0.2, 0.25) is 0 Å². The van der Waals surface area contributed by atoms with Crippen molar-refractivity contribution in [3.8, 4) is 0 Å². The van der Waals surface area contributed by atoms with Gasteiger partial charge in [0.15, 0.2) is 0 Å². The number of amides is 1. The highest BCUT2D eigenvalue weighted by Crippen LogP contribution is 2.14. The monoisotopic (exact) mass is 285 g/mol. The number of carbonyl (C=O) groups excluding carboxylic acids is 1. The van der Waals surface area contributed by atoms with Crippen LogP contribution >= 0.6 is 12.6 Å². The van der Waals surface area contributed by atoms with Gasteiger partial charge in [-0.3, -0.25) is 4.79 Å². The summed E-state index contributed by atoms with van der Waals surface area (Å²) in [5.41, 5.74) is 2.88. The van der Waals surface area contributed by atoms with E-state index in [9.17, 15) is 4.79 Å². The van der Waals surface area contributed by atoms with Crippen LogP contribution in [-0.4, -0.2) is 11.9 Å². The summed E-state index contributed by atoms with van der Waals surface area (Å²) >= 11 is 4.29. The first kappa shape index (κ1) is 14.7. The fourth-order valence-electron chi connectivity index (χ4n) is 2.17. The largest absolute Gasteiger partial charge is 0.349 e. The lowest BCUT2D eigenvalue weighted by atomic mass is 10.1. The number of carbonyl (C=O) groups is 1. The van der Waals surface area contributed by atoms with E-state index in [1.165, 1.54) is 5.56 Å². The van der Waals surface area contributed by atoms with Crippen molar-refractivity contribution >= 4 is 18.5 Å². The summed E-state index contributed by atoms with van der Waals surface area (Å²) < 4.78 is 0. The molecule has 0 heterocycles. The molecule has 1 N–H and O–H groups in total. The molecule has 0 spiro atoms. The van der Waals surface area contributed by atoms with E-state index >= 15 is 0 Å². The van der Waals surface area contributed by atoms with Crippen molar-refractivity contribution in [1.29, 1.82) is 0 Å². The summed E-state index contributed by atoms with van der Waals surface area (Å²) in [7, 11) is 0. The minimum absolute atomic E-state index is 0.0400. The first-order valence-electron chi connectivity index (χ1n) is 6.70. The van der Waals surface area contributed by atoms with Crippen molar-refractivity contribution in [2.75, 3.05) is 0 Å². The van der Waals surface area contributed by atoms with Gasteiger partial charge in [-0.25, -0.2) is 0 Å². The van der Waals surface area contributed by atoms with Crippen LogP contribution in [0.25, 0.3) is 0 Å². The quantitative estimate of drug-likeness (QED) is 0.825. The number of aryl methyl sites for hydroxylation is 1. The lowest BCUT2D eigenvalue weighted by Crippen LogP contribution is -2.34. The topological polar surface area (TPSA) is 29.1 Å². The molecule has 1 atom stereocenters. The van der Waals surface area contributed by atoms with E-state index < -0.39 is 0 Å². The van der Waals surface area contributed by atoms with Gasteiger partial charge in [0, 0.05) is 16.5 Å². The highest BCUT2D eigenvalue weighted by molar-refractivity contribution is 7.80. The fraction of sp³-hybridized carbons (Fsp3) is 0.235. The van der Waals surface area contributed by atoms with Gasteiger partial charge in [0.1, 0.15) is 0 Å². The third-order valence-electron chi connectivity index (χ3n) is 3.23. The van der Waals surface area contributed by atoms with Gasteiger partial charge >= 0.3 is 0 Å². The Hall–Kier alpha value is -1.74. The molecule has 2 nitrogen and oxygen atoms in total. The molecule has 0 radical (unpaired) electrons. The zero-order chi connectivity index (χ0) is 14.5. The van der Waals surface area contributed by atoms with Crippen molar-refractivity contribution in [2.24, 2.45) is 0 Å². The smallest absolute Gasteiger partial charge is 0.251 e. The standard InChI is InChI=1S/C17H19NOS/c1-12-8-9-15(20)11-16(12)17(19)18-13(2)10-14-6-4-3-5-7-14/h3-9,11,13,20H,10H2,1-2H3,(H,18,19). The van der Waals surface area contributed by atoms with Crippen molar-refractivity contribution in [3.63, 3.8) is 0 Å². The number of benzene rings is 2. The Morgan fingerprint density at radius 2 is 1.90 bits per heavy atom. The highest BCUT2D eigenvalue weighted by Gasteiger charge is 2.12. The Bertz CT molecular complexity index is 595. The second-order valence-corrected chi connectivity index (χ2v) is 5.58. The molecule has 2 aromatic rings. The molecule has 2 rings (SSSR count). The summed E-state index contributed by atoms with van der Waals surface area (Å²) in [6.45, 7) is 3.95. The van der Waals surface area contributed by atoms with Crippen molar-refractivity contribution in [2.45, 2.75) is 31.2 Å². The molecule has 0 bridgehead atoms. The molecule has 0 fully saturated rings. The predicted octanol–water partition coefficient (Wildman–Crippen LogP) is 3.64. The van der Waals surface area contributed by atoms with E-state index in [1.807, 2.05) is 50.2 Å². The van der Waals surface area contributed by atoms with Gasteiger partial charge in [-0.05, 0) is 43.5 Å². The normalized spacial score (nSPS) is 11.9. The zero-order valence-corrected chi connectivity index (χ0v) is 12.7. The van der Waals surface area contributed by atoms with Crippen LogP contribution in [0.2, 0.25) is 0 Å². The van der Waals surface area contributed by atoms with Crippen LogP contribution in [0.1, 0.15) is 28.4 Å². The van der Waals surface area contributed by atoms with Gasteiger partial charge in [0.05, 0.1) is 0 Å². The lowest BCUT2D eigenvalue weighted by molar-refractivity contribution is 0.0939. The molecule has 2 aromatic carbocycles. The molecule has 0 aromatic heterocycles. The summed E-state index contributed by atoms with van der Waals surface area (Å²) in [6.07, 6.45) is 0.826. The molecule has 1 unspecified atom stereocenters. The average molecular weight is 285 g/mol. The fourth-order valence-corrected chi connectivity index (χ4v) is 2.38. The number of nitrogens with one attached hydrogen (secondary N) is 1. The Balaban J connectivity index is 2.02. The minimum Gasteiger partial charge on any atom is -0.349 e. The van der Waals surface area contributed by atoms with Gasteiger partial charge in [0.25, 0.3) is 5.91 Å². The molecule has 0 aliphatic rings. The summed E-state index contributed by atoms with van der Waals surface area (Å²) in [5.74, 6) is -0.0400. The third-order valence-corrected chi connectivity index (χ3v) is 3.51. The van der Waals surface area contributed by atoms with E-state index in [0.29, 0.717) is 5.56 Å². The number of thiol groups is 1. The Kier molecular flexibility index (Phi) is 4.85. The second-order valence-electron chi connectivity index (χ2n) is 5.06. The second kappa shape index (κ2) is 6.62. The van der Waals surface area contributed by atoms with E-state index in [2.05, 4.69) is 30.1 Å². The maximum absolute atomic E-state index is 12.3. The molecular weight excluding hydrogens is 266 g/mol. The van der Waals surface area contributed by atoms with Gasteiger partial charge in [-0.1, -0.05) is 36.4 Å². The van der Waals surface area contributed by atoms with E-state index in [4.69, 9.17) is 0 Å². The molecular formula is C17H19NOS. The van der Waals surface area contributed by atoms with Crippen LogP contribution in [-0.2, 0) is 6.42 Å². The first-order valence-corrected chi connectivity index (χ1v) is 7.15. The Labute approximate surface area is 125 Å². The van der Waals surface area contributed by atoms with Crippen LogP contribution in [0.4, 0.5) is 0 Å². The maximum Gasteiger partial charge on any atom is 0.251 e. The molecule has 3 heteroatoms. The summed E-state index contributed by atoms with van der Waals surface area (Å²) in [6, 6.07) is 15.9. The van der Waals surface area contributed by atoms with Gasteiger partial charge in [-0.15, -0.1) is 12.6 Å². The van der Waals surface area contributed by atoms with Crippen LogP contribution in [0.15, 0.2) is 53.4 Å².